The highest BCUT2D eigenvalue weighted by molar-refractivity contribution is 6.32. The number of ether oxygens (including phenoxy) is 1. The van der Waals surface area contributed by atoms with Crippen LogP contribution in [0.15, 0.2) is 36.4 Å². The molecule has 0 saturated carbocycles. The number of unbranched alkanes of at least 4 members (excludes halogenated alkanes) is 2. The van der Waals surface area contributed by atoms with Gasteiger partial charge >= 0.3 is 6.03 Å². The molecule has 2 aromatic rings. The van der Waals surface area contributed by atoms with E-state index in [-0.39, 0.29) is 17.5 Å². The van der Waals surface area contributed by atoms with Crippen molar-refractivity contribution in [2.75, 3.05) is 17.6 Å². The maximum atomic E-state index is 13.4. The summed E-state index contributed by atoms with van der Waals surface area (Å²) in [6.45, 7) is 2.72. The number of hydrogen-bond donors (Lipinski definition) is 3. The van der Waals surface area contributed by atoms with Crippen LogP contribution in [0.2, 0.25) is 5.02 Å². The maximum absolute atomic E-state index is 13.4. The molecular formula is C18H21ClFN3O2. The summed E-state index contributed by atoms with van der Waals surface area (Å²) < 4.78 is 19.0. The van der Waals surface area contributed by atoms with Gasteiger partial charge in [0, 0.05) is 18.3 Å². The van der Waals surface area contributed by atoms with E-state index in [0.29, 0.717) is 23.0 Å². The number of nitrogen functional groups attached to an aromatic ring is 1. The van der Waals surface area contributed by atoms with Gasteiger partial charge < -0.3 is 21.1 Å². The van der Waals surface area contributed by atoms with Crippen molar-refractivity contribution in [2.45, 2.75) is 26.2 Å². The van der Waals surface area contributed by atoms with Crippen LogP contribution >= 0.6 is 11.6 Å². The summed E-state index contributed by atoms with van der Waals surface area (Å²) in [4.78, 5) is 11.8. The number of rotatable bonds is 7. The number of halogens is 2. The number of urea groups is 1. The molecule has 0 radical (unpaired) electrons. The Morgan fingerprint density at radius 1 is 1.24 bits per heavy atom. The number of benzene rings is 2. The standard InChI is InChI=1S/C18H21ClFN3O2/c1-2-3-4-9-22-18(24)23-12-5-8-17(14(19)10-12)25-13-6-7-16(21)15(20)11-13/h5-8,10-11H,2-4,9,21H2,1H3,(H2,22,23,24). The maximum Gasteiger partial charge on any atom is 0.319 e. The van der Waals surface area contributed by atoms with Gasteiger partial charge in [-0.15, -0.1) is 0 Å². The van der Waals surface area contributed by atoms with Gasteiger partial charge in [-0.2, -0.15) is 0 Å². The van der Waals surface area contributed by atoms with Gasteiger partial charge in [0.25, 0.3) is 0 Å². The largest absolute Gasteiger partial charge is 0.456 e. The van der Waals surface area contributed by atoms with Crippen molar-refractivity contribution in [3.8, 4) is 11.5 Å². The topological polar surface area (TPSA) is 76.4 Å². The molecular weight excluding hydrogens is 345 g/mol. The molecule has 0 aliphatic carbocycles. The first kappa shape index (κ1) is 18.9. The Morgan fingerprint density at radius 2 is 2.04 bits per heavy atom. The van der Waals surface area contributed by atoms with E-state index in [0.717, 1.165) is 19.3 Å². The summed E-state index contributed by atoms with van der Waals surface area (Å²) in [6.07, 6.45) is 3.11. The van der Waals surface area contributed by atoms with E-state index in [1.54, 1.807) is 24.3 Å². The van der Waals surface area contributed by atoms with Crippen molar-refractivity contribution >= 4 is 29.0 Å². The molecule has 0 saturated heterocycles. The van der Waals surface area contributed by atoms with Crippen molar-refractivity contribution < 1.29 is 13.9 Å². The number of nitrogens with one attached hydrogen (secondary N) is 2. The molecule has 0 fully saturated rings. The lowest BCUT2D eigenvalue weighted by Gasteiger charge is -2.11. The van der Waals surface area contributed by atoms with Gasteiger partial charge in [-0.05, 0) is 36.8 Å². The summed E-state index contributed by atoms with van der Waals surface area (Å²) in [7, 11) is 0. The third kappa shape index (κ3) is 5.83. The van der Waals surface area contributed by atoms with Crippen molar-refractivity contribution in [2.24, 2.45) is 0 Å². The van der Waals surface area contributed by atoms with Crippen LogP contribution in [0, 0.1) is 5.82 Å². The summed E-state index contributed by atoms with van der Waals surface area (Å²) in [5, 5.41) is 5.77. The fourth-order valence-corrected chi connectivity index (χ4v) is 2.33. The van der Waals surface area contributed by atoms with Gasteiger partial charge in [0.1, 0.15) is 17.3 Å². The minimum absolute atomic E-state index is 0.0444. The molecule has 25 heavy (non-hydrogen) atoms. The highest BCUT2D eigenvalue weighted by atomic mass is 35.5. The zero-order chi connectivity index (χ0) is 18.2. The number of hydrogen-bond acceptors (Lipinski definition) is 3. The fourth-order valence-electron chi connectivity index (χ4n) is 2.11. The molecule has 2 aromatic carbocycles. The van der Waals surface area contributed by atoms with Crippen molar-refractivity contribution in [3.05, 3.63) is 47.2 Å². The molecule has 7 heteroatoms. The van der Waals surface area contributed by atoms with Crippen molar-refractivity contribution in [1.29, 1.82) is 0 Å². The first-order chi connectivity index (χ1) is 12.0. The SMILES string of the molecule is CCCCCNC(=O)Nc1ccc(Oc2ccc(N)c(F)c2)c(Cl)c1. The molecule has 0 aliphatic rings. The lowest BCUT2D eigenvalue weighted by Crippen LogP contribution is -2.29. The van der Waals surface area contributed by atoms with Gasteiger partial charge in [0.2, 0.25) is 0 Å². The number of carbonyl (C=O) groups excluding carboxylic acids is 1. The summed E-state index contributed by atoms with van der Waals surface area (Å²) in [5.41, 5.74) is 6.01. The molecule has 0 atom stereocenters. The van der Waals surface area contributed by atoms with Gasteiger partial charge in [-0.1, -0.05) is 31.4 Å². The molecule has 0 aliphatic heterocycles. The molecule has 0 bridgehead atoms. The first-order valence-electron chi connectivity index (χ1n) is 8.07. The van der Waals surface area contributed by atoms with Crippen LogP contribution < -0.4 is 21.1 Å². The smallest absolute Gasteiger partial charge is 0.319 e. The van der Waals surface area contributed by atoms with Gasteiger partial charge in [-0.3, -0.25) is 0 Å². The van der Waals surface area contributed by atoms with Crippen LogP contribution in [0.5, 0.6) is 11.5 Å². The van der Waals surface area contributed by atoms with E-state index in [1.807, 2.05) is 0 Å². The second-order valence-corrected chi connectivity index (χ2v) is 5.93. The van der Waals surface area contributed by atoms with Gasteiger partial charge in [0.05, 0.1) is 10.7 Å². The Hall–Kier alpha value is -2.47. The van der Waals surface area contributed by atoms with Crippen LogP contribution in [0.1, 0.15) is 26.2 Å². The predicted octanol–water partition coefficient (Wildman–Crippen LogP) is 5.17. The molecule has 2 rings (SSSR count). The monoisotopic (exact) mass is 365 g/mol. The summed E-state index contributed by atoms with van der Waals surface area (Å²) in [6, 6.07) is 8.67. The molecule has 5 nitrogen and oxygen atoms in total. The fraction of sp³-hybridized carbons (Fsp3) is 0.278. The molecule has 0 aromatic heterocycles. The third-order valence-corrected chi connectivity index (χ3v) is 3.75. The molecule has 134 valence electrons. The minimum atomic E-state index is -0.563. The van der Waals surface area contributed by atoms with Crippen LogP contribution in [-0.2, 0) is 0 Å². The van der Waals surface area contributed by atoms with E-state index in [9.17, 15) is 9.18 Å². The lowest BCUT2D eigenvalue weighted by atomic mass is 10.2. The van der Waals surface area contributed by atoms with Gasteiger partial charge in [-0.25, -0.2) is 9.18 Å². The second-order valence-electron chi connectivity index (χ2n) is 5.52. The summed E-state index contributed by atoms with van der Waals surface area (Å²) >= 11 is 6.16. The zero-order valence-electron chi connectivity index (χ0n) is 13.9. The summed E-state index contributed by atoms with van der Waals surface area (Å²) in [5.74, 6) is 0.0642. The van der Waals surface area contributed by atoms with E-state index in [4.69, 9.17) is 22.1 Å². The number of amides is 2. The third-order valence-electron chi connectivity index (χ3n) is 3.46. The molecule has 0 unspecified atom stereocenters. The lowest BCUT2D eigenvalue weighted by molar-refractivity contribution is 0.252. The Morgan fingerprint density at radius 3 is 2.72 bits per heavy atom. The van der Waals surface area contributed by atoms with E-state index in [1.165, 1.54) is 12.1 Å². The average molecular weight is 366 g/mol. The molecule has 2 amide bonds. The van der Waals surface area contributed by atoms with Crippen molar-refractivity contribution in [1.82, 2.24) is 5.32 Å². The second kappa shape index (κ2) is 9.13. The number of anilines is 2. The Balaban J connectivity index is 1.95. The van der Waals surface area contributed by atoms with Crippen LogP contribution in [-0.4, -0.2) is 12.6 Å². The minimum Gasteiger partial charge on any atom is -0.456 e. The molecule has 4 N–H and O–H groups in total. The normalized spacial score (nSPS) is 10.4. The number of nitrogens with two attached hydrogens (primary N) is 1. The van der Waals surface area contributed by atoms with Crippen molar-refractivity contribution in [3.63, 3.8) is 0 Å². The predicted molar refractivity (Wildman–Crippen MR) is 98.9 cm³/mol. The zero-order valence-corrected chi connectivity index (χ0v) is 14.7. The Kier molecular flexibility index (Phi) is 6.89. The highest BCUT2D eigenvalue weighted by Crippen LogP contribution is 2.32. The van der Waals surface area contributed by atoms with E-state index < -0.39 is 5.82 Å². The molecule has 0 spiro atoms. The average Bonchev–Trinajstić information content (AvgIpc) is 2.57. The first-order valence-corrected chi connectivity index (χ1v) is 8.44. The van der Waals surface area contributed by atoms with E-state index >= 15 is 0 Å². The molecule has 0 heterocycles. The van der Waals surface area contributed by atoms with Crippen LogP contribution in [0.3, 0.4) is 0 Å². The highest BCUT2D eigenvalue weighted by Gasteiger charge is 2.08. The van der Waals surface area contributed by atoms with E-state index in [2.05, 4.69) is 17.6 Å². The van der Waals surface area contributed by atoms with Gasteiger partial charge in [0.15, 0.2) is 0 Å². The Labute approximate surface area is 151 Å². The van der Waals surface area contributed by atoms with Crippen LogP contribution in [0.25, 0.3) is 0 Å². The Bertz CT molecular complexity index is 740. The quantitative estimate of drug-likeness (QED) is 0.468. The number of carbonyl (C=O) groups is 1. The van der Waals surface area contributed by atoms with Crippen LogP contribution in [0.4, 0.5) is 20.6 Å².